The lowest BCUT2D eigenvalue weighted by Crippen LogP contribution is -2.00. The van der Waals surface area contributed by atoms with Crippen LogP contribution in [0.15, 0.2) is 4.42 Å². The van der Waals surface area contributed by atoms with Gasteiger partial charge in [-0.15, -0.1) is 0 Å². The van der Waals surface area contributed by atoms with Gasteiger partial charge in [-0.2, -0.15) is 0 Å². The third-order valence-electron chi connectivity index (χ3n) is 2.01. The van der Waals surface area contributed by atoms with Crippen molar-refractivity contribution in [3.05, 3.63) is 17.3 Å². The Hall–Kier alpha value is -0.830. The molecule has 0 saturated carbocycles. The first-order valence-electron chi connectivity index (χ1n) is 4.81. The van der Waals surface area contributed by atoms with Gasteiger partial charge in [0, 0.05) is 12.3 Å². The van der Waals surface area contributed by atoms with Crippen molar-refractivity contribution in [2.24, 2.45) is 5.73 Å². The third-order valence-corrected chi connectivity index (χ3v) is 2.01. The van der Waals surface area contributed by atoms with Crippen molar-refractivity contribution in [1.82, 2.24) is 4.98 Å². The van der Waals surface area contributed by atoms with Crippen LogP contribution in [-0.4, -0.2) is 11.5 Å². The normalized spacial score (nSPS) is 11.2. The fourth-order valence-electron chi connectivity index (χ4n) is 1.19. The highest BCUT2D eigenvalue weighted by atomic mass is 16.4. The van der Waals surface area contributed by atoms with Crippen LogP contribution in [0, 0.1) is 6.92 Å². The summed E-state index contributed by atoms with van der Waals surface area (Å²) >= 11 is 0. The standard InChI is InChI=1S/C10H18N2O/c1-7(2)10-12-8(3)9(13-10)5-4-6-11/h7H,4-6,11H2,1-3H3. The van der Waals surface area contributed by atoms with Crippen molar-refractivity contribution in [2.45, 2.75) is 39.5 Å². The van der Waals surface area contributed by atoms with Gasteiger partial charge in [0.1, 0.15) is 5.76 Å². The van der Waals surface area contributed by atoms with Crippen molar-refractivity contribution in [3.8, 4) is 0 Å². The molecule has 0 spiro atoms. The lowest BCUT2D eigenvalue weighted by atomic mass is 10.2. The van der Waals surface area contributed by atoms with Crippen LogP contribution in [0.5, 0.6) is 0 Å². The van der Waals surface area contributed by atoms with Gasteiger partial charge in [-0.1, -0.05) is 13.8 Å². The van der Waals surface area contributed by atoms with E-state index < -0.39 is 0 Å². The van der Waals surface area contributed by atoms with E-state index in [-0.39, 0.29) is 0 Å². The summed E-state index contributed by atoms with van der Waals surface area (Å²) in [4.78, 5) is 4.36. The maximum absolute atomic E-state index is 5.61. The van der Waals surface area contributed by atoms with Gasteiger partial charge in [-0.25, -0.2) is 4.98 Å². The van der Waals surface area contributed by atoms with E-state index in [4.69, 9.17) is 10.2 Å². The Balaban J connectivity index is 2.71. The van der Waals surface area contributed by atoms with Crippen LogP contribution < -0.4 is 5.73 Å². The van der Waals surface area contributed by atoms with Crippen LogP contribution in [-0.2, 0) is 6.42 Å². The molecule has 1 aromatic rings. The van der Waals surface area contributed by atoms with Crippen LogP contribution in [0.1, 0.15) is 43.5 Å². The van der Waals surface area contributed by atoms with Gasteiger partial charge in [0.25, 0.3) is 0 Å². The highest BCUT2D eigenvalue weighted by Gasteiger charge is 2.11. The number of aryl methyl sites for hydroxylation is 2. The molecule has 0 aromatic carbocycles. The predicted molar refractivity (Wildman–Crippen MR) is 52.7 cm³/mol. The molecule has 0 bridgehead atoms. The summed E-state index contributed by atoms with van der Waals surface area (Å²) in [5.41, 5.74) is 6.44. The number of hydrogen-bond donors (Lipinski definition) is 1. The zero-order chi connectivity index (χ0) is 9.84. The van der Waals surface area contributed by atoms with Gasteiger partial charge in [-0.3, -0.25) is 0 Å². The molecule has 0 saturated heterocycles. The summed E-state index contributed by atoms with van der Waals surface area (Å²) in [6, 6.07) is 0. The van der Waals surface area contributed by atoms with E-state index in [1.165, 1.54) is 0 Å². The fourth-order valence-corrected chi connectivity index (χ4v) is 1.19. The van der Waals surface area contributed by atoms with Gasteiger partial charge in [0.05, 0.1) is 5.69 Å². The maximum Gasteiger partial charge on any atom is 0.197 e. The molecule has 0 fully saturated rings. The van der Waals surface area contributed by atoms with Gasteiger partial charge >= 0.3 is 0 Å². The van der Waals surface area contributed by atoms with Gasteiger partial charge in [0.15, 0.2) is 5.89 Å². The lowest BCUT2D eigenvalue weighted by molar-refractivity contribution is 0.432. The molecule has 0 aliphatic rings. The molecular formula is C10H18N2O. The molecule has 0 amide bonds. The van der Waals surface area contributed by atoms with E-state index in [0.29, 0.717) is 12.5 Å². The zero-order valence-corrected chi connectivity index (χ0v) is 8.63. The van der Waals surface area contributed by atoms with Crippen molar-refractivity contribution < 1.29 is 4.42 Å². The van der Waals surface area contributed by atoms with Crippen LogP contribution in [0.25, 0.3) is 0 Å². The SMILES string of the molecule is Cc1nc(C(C)C)oc1CCCN. The second kappa shape index (κ2) is 4.42. The van der Waals surface area contributed by atoms with Gasteiger partial charge in [-0.05, 0) is 19.9 Å². The number of oxazole rings is 1. The second-order valence-electron chi connectivity index (χ2n) is 3.61. The van der Waals surface area contributed by atoms with Crippen molar-refractivity contribution in [3.63, 3.8) is 0 Å². The average Bonchev–Trinajstić information content (AvgIpc) is 2.44. The molecule has 1 rings (SSSR count). The van der Waals surface area contributed by atoms with Crippen molar-refractivity contribution >= 4 is 0 Å². The summed E-state index contributed by atoms with van der Waals surface area (Å²) in [6.45, 7) is 6.86. The quantitative estimate of drug-likeness (QED) is 0.774. The molecular weight excluding hydrogens is 164 g/mol. The second-order valence-corrected chi connectivity index (χ2v) is 3.61. The van der Waals surface area contributed by atoms with E-state index in [9.17, 15) is 0 Å². The first kappa shape index (κ1) is 10.3. The summed E-state index contributed by atoms with van der Waals surface area (Å²) in [7, 11) is 0. The predicted octanol–water partition coefficient (Wildman–Crippen LogP) is 2.00. The number of rotatable bonds is 4. The number of aromatic nitrogens is 1. The maximum atomic E-state index is 5.61. The Morgan fingerprint density at radius 1 is 1.46 bits per heavy atom. The molecule has 0 unspecified atom stereocenters. The van der Waals surface area contributed by atoms with Crippen LogP contribution >= 0.6 is 0 Å². The Bertz CT molecular complexity index is 266. The van der Waals surface area contributed by atoms with E-state index in [2.05, 4.69) is 18.8 Å². The summed E-state index contributed by atoms with van der Waals surface area (Å²) < 4.78 is 5.61. The minimum atomic E-state index is 0.366. The minimum Gasteiger partial charge on any atom is -0.445 e. The van der Waals surface area contributed by atoms with Gasteiger partial charge in [0.2, 0.25) is 0 Å². The molecule has 3 nitrogen and oxygen atoms in total. The molecule has 2 N–H and O–H groups in total. The van der Waals surface area contributed by atoms with Crippen LogP contribution in [0.4, 0.5) is 0 Å². The minimum absolute atomic E-state index is 0.366. The van der Waals surface area contributed by atoms with Crippen molar-refractivity contribution in [1.29, 1.82) is 0 Å². The van der Waals surface area contributed by atoms with Crippen LogP contribution in [0.2, 0.25) is 0 Å². The lowest BCUT2D eigenvalue weighted by Gasteiger charge is -1.96. The topological polar surface area (TPSA) is 52.0 Å². The molecule has 0 radical (unpaired) electrons. The van der Waals surface area contributed by atoms with E-state index in [1.807, 2.05) is 6.92 Å². The fraction of sp³-hybridized carbons (Fsp3) is 0.700. The molecule has 0 aliphatic carbocycles. The Morgan fingerprint density at radius 3 is 2.62 bits per heavy atom. The monoisotopic (exact) mass is 182 g/mol. The molecule has 1 heterocycles. The number of nitrogens with two attached hydrogens (primary N) is 1. The van der Waals surface area contributed by atoms with E-state index >= 15 is 0 Å². The highest BCUT2D eigenvalue weighted by molar-refractivity contribution is 5.09. The summed E-state index contributed by atoms with van der Waals surface area (Å²) in [5.74, 6) is 2.20. The highest BCUT2D eigenvalue weighted by Crippen LogP contribution is 2.18. The molecule has 3 heteroatoms. The number of nitrogens with zero attached hydrogens (tertiary/aromatic N) is 1. The first-order valence-corrected chi connectivity index (χ1v) is 4.81. The Labute approximate surface area is 79.3 Å². The average molecular weight is 182 g/mol. The molecule has 13 heavy (non-hydrogen) atoms. The van der Waals surface area contributed by atoms with E-state index in [1.54, 1.807) is 0 Å². The number of hydrogen-bond acceptors (Lipinski definition) is 3. The van der Waals surface area contributed by atoms with Crippen molar-refractivity contribution in [2.75, 3.05) is 6.54 Å². The molecule has 1 aromatic heterocycles. The Morgan fingerprint density at radius 2 is 2.15 bits per heavy atom. The summed E-state index contributed by atoms with van der Waals surface area (Å²) in [6.07, 6.45) is 1.87. The van der Waals surface area contributed by atoms with E-state index in [0.717, 1.165) is 30.2 Å². The first-order chi connectivity index (χ1) is 6.15. The van der Waals surface area contributed by atoms with Gasteiger partial charge < -0.3 is 10.2 Å². The molecule has 0 atom stereocenters. The summed E-state index contributed by atoms with van der Waals surface area (Å²) in [5, 5.41) is 0. The zero-order valence-electron chi connectivity index (χ0n) is 8.63. The smallest absolute Gasteiger partial charge is 0.197 e. The third kappa shape index (κ3) is 2.56. The molecule has 74 valence electrons. The Kier molecular flexibility index (Phi) is 3.48. The largest absolute Gasteiger partial charge is 0.445 e. The van der Waals surface area contributed by atoms with Crippen LogP contribution in [0.3, 0.4) is 0 Å². The molecule has 0 aliphatic heterocycles.